The van der Waals surface area contributed by atoms with Crippen molar-refractivity contribution in [1.82, 2.24) is 0 Å². The van der Waals surface area contributed by atoms with Crippen LogP contribution < -0.4 is 0 Å². The maximum absolute atomic E-state index is 12.0. The molecular formula is C15H30O11Si. The lowest BCUT2D eigenvalue weighted by Crippen LogP contribution is -2.83. The van der Waals surface area contributed by atoms with Gasteiger partial charge < -0.3 is 46.4 Å². The van der Waals surface area contributed by atoms with Crippen molar-refractivity contribution < 1.29 is 51.2 Å². The van der Waals surface area contributed by atoms with E-state index in [4.69, 9.17) is 46.4 Å². The SMILES string of the molecule is C=CC(=O)OC(OC)(OC)C(OC)(OC)C(OC)(OC)[Si](OC)(OC)OC. The third kappa shape index (κ3) is 3.70. The molecule has 0 atom stereocenters. The zero-order valence-corrected chi connectivity index (χ0v) is 18.3. The van der Waals surface area contributed by atoms with Crippen LogP contribution in [0.25, 0.3) is 0 Å². The van der Waals surface area contributed by atoms with Gasteiger partial charge in [-0.15, -0.1) is 0 Å². The molecule has 12 heteroatoms. The van der Waals surface area contributed by atoms with Crippen LogP contribution in [0.1, 0.15) is 0 Å². The van der Waals surface area contributed by atoms with E-state index in [1.807, 2.05) is 0 Å². The van der Waals surface area contributed by atoms with Gasteiger partial charge in [0.05, 0.1) is 0 Å². The molecule has 11 nitrogen and oxygen atoms in total. The summed E-state index contributed by atoms with van der Waals surface area (Å²) in [6.07, 6.45) is 0.901. The maximum Gasteiger partial charge on any atom is 0.569 e. The van der Waals surface area contributed by atoms with Crippen molar-refractivity contribution in [2.75, 3.05) is 64.0 Å². The van der Waals surface area contributed by atoms with Crippen LogP contribution in [-0.2, 0) is 51.2 Å². The van der Waals surface area contributed by atoms with Crippen LogP contribution in [0.2, 0.25) is 0 Å². The van der Waals surface area contributed by atoms with Crippen molar-refractivity contribution in [3.05, 3.63) is 12.7 Å². The lowest BCUT2D eigenvalue weighted by Gasteiger charge is -2.54. The minimum absolute atomic E-state index is 0.901. The van der Waals surface area contributed by atoms with Gasteiger partial charge in [0.25, 0.3) is 0 Å². The summed E-state index contributed by atoms with van der Waals surface area (Å²) in [4.78, 5) is 12.0. The standard InChI is InChI=1S/C15H30O11Si/c1-11-12(16)26-14(19-4,20-5)13(17-2,18-3)15(21-6,22-7)27(23-8,24-9)25-10/h11H,1H2,2-10H3. The van der Waals surface area contributed by atoms with Gasteiger partial charge in [-0.1, -0.05) is 6.58 Å². The fourth-order valence-electron chi connectivity index (χ4n) is 2.94. The third-order valence-electron chi connectivity index (χ3n) is 4.13. The molecule has 0 aliphatic rings. The fraction of sp³-hybridized carbons (Fsp3) is 0.800. The lowest BCUT2D eigenvalue weighted by atomic mass is 10.2. The van der Waals surface area contributed by atoms with Gasteiger partial charge in [0.1, 0.15) is 0 Å². The van der Waals surface area contributed by atoms with E-state index >= 15 is 0 Å². The van der Waals surface area contributed by atoms with E-state index < -0.39 is 31.9 Å². The Balaban J connectivity index is 7.12. The number of rotatable bonds is 14. The minimum Gasteiger partial charge on any atom is -0.400 e. The lowest BCUT2D eigenvalue weighted by molar-refractivity contribution is -0.517. The molecule has 0 saturated carbocycles. The normalized spacial score (nSPS) is 13.5. The highest BCUT2D eigenvalue weighted by Crippen LogP contribution is 2.48. The molecule has 0 aliphatic heterocycles. The summed E-state index contributed by atoms with van der Waals surface area (Å²) in [5.74, 6) is -5.53. The van der Waals surface area contributed by atoms with Gasteiger partial charge in [-0.05, 0) is 0 Å². The van der Waals surface area contributed by atoms with Crippen LogP contribution in [0, 0.1) is 0 Å². The first kappa shape index (κ1) is 26.1. The Morgan fingerprint density at radius 2 is 1.15 bits per heavy atom. The summed E-state index contributed by atoms with van der Waals surface area (Å²) in [5, 5.41) is 0. The second-order valence-corrected chi connectivity index (χ2v) is 7.80. The number of hydrogen-bond donors (Lipinski definition) is 0. The summed E-state index contributed by atoms with van der Waals surface area (Å²) in [6.45, 7) is 3.35. The van der Waals surface area contributed by atoms with E-state index in [2.05, 4.69) is 6.58 Å². The van der Waals surface area contributed by atoms with Crippen LogP contribution in [0.3, 0.4) is 0 Å². The molecule has 0 rings (SSSR count). The van der Waals surface area contributed by atoms with Crippen LogP contribution in [0.5, 0.6) is 0 Å². The molecule has 0 aromatic carbocycles. The first-order valence-corrected chi connectivity index (χ1v) is 9.30. The highest BCUT2D eigenvalue weighted by Gasteiger charge is 2.83. The highest BCUT2D eigenvalue weighted by atomic mass is 28.4. The Morgan fingerprint density at radius 3 is 1.37 bits per heavy atom. The van der Waals surface area contributed by atoms with E-state index in [9.17, 15) is 4.79 Å². The van der Waals surface area contributed by atoms with Crippen molar-refractivity contribution in [2.45, 2.75) is 17.2 Å². The summed E-state index contributed by atoms with van der Waals surface area (Å²) in [7, 11) is 7.37. The fourth-order valence-corrected chi connectivity index (χ4v) is 5.50. The van der Waals surface area contributed by atoms with Crippen molar-refractivity contribution in [2.24, 2.45) is 0 Å². The smallest absolute Gasteiger partial charge is 0.400 e. The van der Waals surface area contributed by atoms with Gasteiger partial charge >= 0.3 is 31.9 Å². The van der Waals surface area contributed by atoms with Crippen molar-refractivity contribution in [3.63, 3.8) is 0 Å². The van der Waals surface area contributed by atoms with E-state index in [0.717, 1.165) is 6.08 Å². The van der Waals surface area contributed by atoms with Crippen LogP contribution >= 0.6 is 0 Å². The topological polar surface area (TPSA) is 109 Å². The molecule has 0 aromatic rings. The minimum atomic E-state index is -3.95. The van der Waals surface area contributed by atoms with Gasteiger partial charge in [-0.3, -0.25) is 0 Å². The molecule has 0 N–H and O–H groups in total. The van der Waals surface area contributed by atoms with Gasteiger partial charge in [-0.25, -0.2) is 4.79 Å². The number of esters is 1. The molecule has 160 valence electrons. The largest absolute Gasteiger partial charge is 0.569 e. The number of carbonyl (C=O) groups is 1. The molecule has 0 bridgehead atoms. The van der Waals surface area contributed by atoms with E-state index in [0.29, 0.717) is 0 Å². The molecule has 0 radical (unpaired) electrons. The summed E-state index contributed by atoms with van der Waals surface area (Å²) in [6, 6.07) is 0. The molecule has 0 spiro atoms. The second kappa shape index (κ2) is 10.6. The Morgan fingerprint density at radius 1 is 0.741 bits per heavy atom. The Hall–Kier alpha value is -0.933. The first-order chi connectivity index (χ1) is 12.8. The summed E-state index contributed by atoms with van der Waals surface area (Å²) >= 11 is 0. The van der Waals surface area contributed by atoms with Crippen LogP contribution in [0.4, 0.5) is 0 Å². The monoisotopic (exact) mass is 414 g/mol. The van der Waals surface area contributed by atoms with Crippen LogP contribution in [-0.4, -0.2) is 95.9 Å². The van der Waals surface area contributed by atoms with Gasteiger partial charge in [0, 0.05) is 70.1 Å². The predicted molar refractivity (Wildman–Crippen MR) is 93.3 cm³/mol. The van der Waals surface area contributed by atoms with Gasteiger partial charge in [0.15, 0.2) is 0 Å². The zero-order chi connectivity index (χ0) is 21.4. The average Bonchev–Trinajstić information content (AvgIpc) is 2.73. The van der Waals surface area contributed by atoms with Gasteiger partial charge in [0.2, 0.25) is 0 Å². The average molecular weight is 414 g/mol. The number of carbonyl (C=O) groups excluding carboxylic acids is 1. The molecule has 0 amide bonds. The van der Waals surface area contributed by atoms with E-state index in [-0.39, 0.29) is 0 Å². The predicted octanol–water partition coefficient (Wildman–Crippen LogP) is 0.0577. The van der Waals surface area contributed by atoms with Crippen molar-refractivity contribution in [3.8, 4) is 0 Å². The maximum atomic E-state index is 12.0. The molecule has 0 heterocycles. The zero-order valence-electron chi connectivity index (χ0n) is 17.3. The number of hydrogen-bond acceptors (Lipinski definition) is 11. The van der Waals surface area contributed by atoms with E-state index in [1.54, 1.807) is 0 Å². The van der Waals surface area contributed by atoms with Crippen LogP contribution in [0.15, 0.2) is 12.7 Å². The quantitative estimate of drug-likeness (QED) is 0.166. The Kier molecular flexibility index (Phi) is 10.2. The Labute approximate surface area is 160 Å². The number of methoxy groups -OCH3 is 6. The molecule has 0 unspecified atom stereocenters. The molecule has 0 saturated heterocycles. The third-order valence-corrected chi connectivity index (χ3v) is 7.29. The first-order valence-electron chi connectivity index (χ1n) is 7.57. The molecule has 0 aromatic heterocycles. The molecule has 0 fully saturated rings. The second-order valence-electron chi connectivity index (χ2n) is 4.81. The Bertz CT molecular complexity index is 460. The van der Waals surface area contributed by atoms with E-state index in [1.165, 1.54) is 64.0 Å². The summed E-state index contributed by atoms with van der Waals surface area (Å²) in [5.41, 5.74) is -2.10. The van der Waals surface area contributed by atoms with Crippen molar-refractivity contribution >= 4 is 14.8 Å². The van der Waals surface area contributed by atoms with Gasteiger partial charge in [-0.2, -0.15) is 0 Å². The van der Waals surface area contributed by atoms with Crippen molar-refractivity contribution in [1.29, 1.82) is 0 Å². The molecular weight excluding hydrogens is 384 g/mol. The summed E-state index contributed by atoms with van der Waals surface area (Å²) < 4.78 is 55.1. The highest BCUT2D eigenvalue weighted by molar-refractivity contribution is 6.63. The molecule has 27 heavy (non-hydrogen) atoms. The molecule has 0 aliphatic carbocycles. The number of ether oxygens (including phenoxy) is 7.